The molecule has 0 aliphatic rings. The number of hydrogen-bond donors (Lipinski definition) is 2. The van der Waals surface area contributed by atoms with Crippen molar-refractivity contribution >= 4 is 27.0 Å². The second kappa shape index (κ2) is 7.92. The highest BCUT2D eigenvalue weighted by molar-refractivity contribution is 7.89. The van der Waals surface area contributed by atoms with Crippen LogP contribution in [-0.4, -0.2) is 29.9 Å². The van der Waals surface area contributed by atoms with E-state index in [1.54, 1.807) is 20.8 Å². The number of rotatable bonds is 6. The first-order valence-electron chi connectivity index (χ1n) is 9.14. The fourth-order valence-corrected chi connectivity index (χ4v) is 4.39. The maximum Gasteiger partial charge on any atom is 0.254 e. The summed E-state index contributed by atoms with van der Waals surface area (Å²) >= 11 is 0. The molecule has 2 aromatic carbocycles. The molecule has 1 heterocycles. The molecule has 7 nitrogen and oxygen atoms in total. The highest BCUT2D eigenvalue weighted by atomic mass is 32.2. The number of sulfonamides is 1. The van der Waals surface area contributed by atoms with Crippen molar-refractivity contribution in [1.82, 2.24) is 19.6 Å². The average Bonchev–Trinajstić information content (AvgIpc) is 2.98. The number of hydrogen-bond acceptors (Lipinski definition) is 4. The van der Waals surface area contributed by atoms with Crippen LogP contribution in [0.1, 0.15) is 43.0 Å². The van der Waals surface area contributed by atoms with Crippen molar-refractivity contribution in [1.29, 1.82) is 0 Å². The van der Waals surface area contributed by atoms with Crippen molar-refractivity contribution in [2.24, 2.45) is 7.05 Å². The maximum absolute atomic E-state index is 14.3. The van der Waals surface area contributed by atoms with Crippen LogP contribution in [0.15, 0.2) is 47.4 Å². The third-order valence-electron chi connectivity index (χ3n) is 4.44. The summed E-state index contributed by atoms with van der Waals surface area (Å²) in [5, 5.41) is 2.70. The molecule has 0 aliphatic carbocycles. The van der Waals surface area contributed by atoms with Crippen molar-refractivity contribution < 1.29 is 17.6 Å². The quantitative estimate of drug-likeness (QED) is 0.644. The molecule has 2 N–H and O–H groups in total. The summed E-state index contributed by atoms with van der Waals surface area (Å²) in [7, 11) is -2.02. The zero-order chi connectivity index (χ0) is 21.3. The van der Waals surface area contributed by atoms with Crippen LogP contribution in [-0.2, 0) is 17.1 Å². The molecule has 0 bridgehead atoms. The van der Waals surface area contributed by atoms with Crippen LogP contribution in [0.5, 0.6) is 0 Å². The molecule has 1 aromatic heterocycles. The van der Waals surface area contributed by atoms with E-state index in [0.29, 0.717) is 5.82 Å². The molecule has 1 amide bonds. The number of para-hydroxylation sites is 2. The van der Waals surface area contributed by atoms with Crippen LogP contribution in [0.3, 0.4) is 0 Å². The normalized spacial score (nSPS) is 13.0. The zero-order valence-electron chi connectivity index (χ0n) is 16.6. The largest absolute Gasteiger partial charge is 0.342 e. The van der Waals surface area contributed by atoms with Gasteiger partial charge in [0.05, 0.1) is 27.5 Å². The highest BCUT2D eigenvalue weighted by Gasteiger charge is 2.22. The molecule has 3 rings (SSSR count). The van der Waals surface area contributed by atoms with Gasteiger partial charge in [-0.2, -0.15) is 0 Å². The van der Waals surface area contributed by atoms with Gasteiger partial charge in [-0.25, -0.2) is 22.5 Å². The van der Waals surface area contributed by atoms with Gasteiger partial charge in [0.25, 0.3) is 5.91 Å². The van der Waals surface area contributed by atoms with Gasteiger partial charge >= 0.3 is 0 Å². The van der Waals surface area contributed by atoms with E-state index in [9.17, 15) is 17.6 Å². The minimum atomic E-state index is -3.85. The number of nitrogens with zero attached hydrogens (tertiary/aromatic N) is 2. The average molecular weight is 418 g/mol. The van der Waals surface area contributed by atoms with Crippen LogP contribution in [0.25, 0.3) is 11.0 Å². The number of carbonyl (C=O) groups is 1. The molecule has 0 spiro atoms. The van der Waals surface area contributed by atoms with Crippen molar-refractivity contribution in [2.45, 2.75) is 37.8 Å². The van der Waals surface area contributed by atoms with Crippen molar-refractivity contribution in [2.75, 3.05) is 0 Å². The lowest BCUT2D eigenvalue weighted by atomic mass is 10.2. The Bertz CT molecular complexity index is 1170. The predicted octanol–water partition coefficient (Wildman–Crippen LogP) is 2.89. The number of nitrogens with one attached hydrogen (secondary N) is 2. The van der Waals surface area contributed by atoms with Crippen LogP contribution >= 0.6 is 0 Å². The first kappa shape index (κ1) is 20.9. The first-order chi connectivity index (χ1) is 13.6. The molecule has 9 heteroatoms. The summed E-state index contributed by atoms with van der Waals surface area (Å²) in [5.74, 6) is -0.919. The predicted molar refractivity (Wildman–Crippen MR) is 108 cm³/mol. The fraction of sp³-hybridized carbons (Fsp3) is 0.300. The van der Waals surface area contributed by atoms with Gasteiger partial charge in [0.15, 0.2) is 0 Å². The number of aryl methyl sites for hydroxylation is 1. The number of halogens is 1. The van der Waals surface area contributed by atoms with Gasteiger partial charge in [-0.05, 0) is 51.1 Å². The number of fused-ring (bicyclic) bond motifs is 1. The molecular formula is C20H23FN4O3S. The van der Waals surface area contributed by atoms with Gasteiger partial charge in [0.1, 0.15) is 11.6 Å². The van der Waals surface area contributed by atoms with Gasteiger partial charge < -0.3 is 9.88 Å². The summed E-state index contributed by atoms with van der Waals surface area (Å²) in [6.07, 6.45) is 0. The van der Waals surface area contributed by atoms with Gasteiger partial charge in [-0.1, -0.05) is 12.1 Å². The monoisotopic (exact) mass is 418 g/mol. The molecule has 154 valence electrons. The molecule has 0 saturated heterocycles. The number of imidazole rings is 1. The van der Waals surface area contributed by atoms with E-state index >= 15 is 0 Å². The van der Waals surface area contributed by atoms with Crippen LogP contribution < -0.4 is 10.0 Å². The Kier molecular flexibility index (Phi) is 5.72. The highest BCUT2D eigenvalue weighted by Crippen LogP contribution is 2.21. The van der Waals surface area contributed by atoms with Crippen molar-refractivity contribution in [3.8, 4) is 0 Å². The number of amides is 1. The van der Waals surface area contributed by atoms with Crippen LogP contribution in [0.4, 0.5) is 4.39 Å². The summed E-state index contributed by atoms with van der Waals surface area (Å²) < 4.78 is 43.2. The molecule has 3 aromatic rings. The zero-order valence-corrected chi connectivity index (χ0v) is 17.4. The van der Waals surface area contributed by atoms with E-state index in [4.69, 9.17) is 0 Å². The SMILES string of the molecule is CC(C)NS(=O)(=O)c1ccc(F)c(C(=O)NC(C)c2nc3ccccc3n2C)c1. The Morgan fingerprint density at radius 3 is 2.48 bits per heavy atom. The van der Waals surface area contributed by atoms with Gasteiger partial charge in [-0.3, -0.25) is 4.79 Å². The lowest BCUT2D eigenvalue weighted by molar-refractivity contribution is 0.0933. The molecule has 0 saturated carbocycles. The lowest BCUT2D eigenvalue weighted by Crippen LogP contribution is -2.31. The van der Waals surface area contributed by atoms with E-state index in [2.05, 4.69) is 15.0 Å². The standard InChI is InChI=1S/C20H23FN4O3S/c1-12(2)24-29(27,28)14-9-10-16(21)15(11-14)20(26)22-13(3)19-23-17-7-5-6-8-18(17)25(19)4/h5-13,24H,1-4H3,(H,22,26). The topological polar surface area (TPSA) is 93.1 Å². The molecule has 0 radical (unpaired) electrons. The molecular weight excluding hydrogens is 395 g/mol. The van der Waals surface area contributed by atoms with E-state index < -0.39 is 27.8 Å². The Balaban J connectivity index is 1.88. The van der Waals surface area contributed by atoms with Gasteiger partial charge in [0.2, 0.25) is 10.0 Å². The van der Waals surface area contributed by atoms with E-state index in [1.165, 1.54) is 0 Å². The second-order valence-electron chi connectivity index (χ2n) is 7.13. The van der Waals surface area contributed by atoms with Crippen LogP contribution in [0, 0.1) is 5.82 Å². The molecule has 1 atom stereocenters. The second-order valence-corrected chi connectivity index (χ2v) is 8.84. The Morgan fingerprint density at radius 2 is 1.83 bits per heavy atom. The summed E-state index contributed by atoms with van der Waals surface area (Å²) in [4.78, 5) is 17.0. The lowest BCUT2D eigenvalue weighted by Gasteiger charge is -2.15. The first-order valence-corrected chi connectivity index (χ1v) is 10.6. The number of aromatic nitrogens is 2. The van der Waals surface area contributed by atoms with Crippen LogP contribution in [0.2, 0.25) is 0 Å². The van der Waals surface area contributed by atoms with Gasteiger partial charge in [-0.15, -0.1) is 0 Å². The number of benzene rings is 2. The molecule has 1 unspecified atom stereocenters. The summed E-state index contributed by atoms with van der Waals surface area (Å²) in [6, 6.07) is 9.83. The van der Waals surface area contributed by atoms with Gasteiger partial charge in [0, 0.05) is 13.1 Å². The maximum atomic E-state index is 14.3. The minimum absolute atomic E-state index is 0.173. The smallest absolute Gasteiger partial charge is 0.254 e. The fourth-order valence-electron chi connectivity index (χ4n) is 3.11. The Labute approximate surface area is 169 Å². The molecule has 0 aliphatic heterocycles. The molecule has 0 fully saturated rings. The minimum Gasteiger partial charge on any atom is -0.342 e. The Hall–Kier alpha value is -2.78. The molecule has 29 heavy (non-hydrogen) atoms. The third kappa shape index (κ3) is 4.30. The van der Waals surface area contributed by atoms with E-state index in [-0.39, 0.29) is 16.5 Å². The number of carbonyl (C=O) groups excluding carboxylic acids is 1. The summed E-state index contributed by atoms with van der Waals surface area (Å²) in [6.45, 7) is 5.08. The summed E-state index contributed by atoms with van der Waals surface area (Å²) in [5.41, 5.74) is 1.34. The third-order valence-corrected chi connectivity index (χ3v) is 6.10. The Morgan fingerprint density at radius 1 is 1.14 bits per heavy atom. The van der Waals surface area contributed by atoms with Crippen molar-refractivity contribution in [3.05, 3.63) is 59.7 Å². The van der Waals surface area contributed by atoms with E-state index in [1.807, 2.05) is 35.9 Å². The van der Waals surface area contributed by atoms with Crippen molar-refractivity contribution in [3.63, 3.8) is 0 Å². The van der Waals surface area contributed by atoms with E-state index in [0.717, 1.165) is 29.2 Å².